The second kappa shape index (κ2) is 11.9. The van der Waals surface area contributed by atoms with Crippen LogP contribution in [0.25, 0.3) is 0 Å². The molecule has 0 N–H and O–H groups in total. The molecule has 0 saturated carbocycles. The van der Waals surface area contributed by atoms with Crippen molar-refractivity contribution < 1.29 is 28.6 Å². The van der Waals surface area contributed by atoms with Gasteiger partial charge in [-0.15, -0.1) is 0 Å². The zero-order valence-electron chi connectivity index (χ0n) is 18.7. The Morgan fingerprint density at radius 2 is 1.97 bits per heavy atom. The monoisotopic (exact) mass is 408 g/mol. The molecular weight excluding hydrogens is 372 g/mol. The molecule has 0 aromatic heterocycles. The van der Waals surface area contributed by atoms with Gasteiger partial charge in [0.25, 0.3) is 0 Å². The number of rotatable bonds is 9. The predicted octanol–water partition coefficient (Wildman–Crippen LogP) is 4.32. The number of ether oxygens (including phenoxy) is 3. The summed E-state index contributed by atoms with van der Waals surface area (Å²) in [6.07, 6.45) is 6.85. The number of carbonyl (C=O) groups excluding carboxylic acids is 3. The van der Waals surface area contributed by atoms with Crippen molar-refractivity contribution in [3.8, 4) is 0 Å². The number of carbonyl (C=O) groups is 3. The van der Waals surface area contributed by atoms with Crippen LogP contribution in [-0.2, 0) is 28.6 Å². The zero-order valence-corrected chi connectivity index (χ0v) is 18.7. The molecule has 1 fully saturated rings. The van der Waals surface area contributed by atoms with Crippen LogP contribution in [0.4, 0.5) is 0 Å². The quantitative estimate of drug-likeness (QED) is 0.321. The molecule has 3 atom stereocenters. The molecule has 1 aliphatic rings. The van der Waals surface area contributed by atoms with Gasteiger partial charge in [-0.1, -0.05) is 18.6 Å². The van der Waals surface area contributed by atoms with E-state index < -0.39 is 17.7 Å². The van der Waals surface area contributed by atoms with E-state index in [1.165, 1.54) is 20.1 Å². The highest BCUT2D eigenvalue weighted by atomic mass is 16.6. The minimum atomic E-state index is -0.667. The lowest BCUT2D eigenvalue weighted by atomic mass is 9.87. The van der Waals surface area contributed by atoms with E-state index >= 15 is 0 Å². The zero-order chi connectivity index (χ0) is 22.0. The second-order valence-corrected chi connectivity index (χ2v) is 8.31. The van der Waals surface area contributed by atoms with Crippen molar-refractivity contribution in [2.75, 3.05) is 13.7 Å². The van der Waals surface area contributed by atoms with Gasteiger partial charge in [-0.25, -0.2) is 4.79 Å². The lowest BCUT2D eigenvalue weighted by Crippen LogP contribution is -2.43. The second-order valence-electron chi connectivity index (χ2n) is 8.31. The first-order valence-corrected chi connectivity index (χ1v) is 10.3. The van der Waals surface area contributed by atoms with E-state index in [0.717, 1.165) is 24.0 Å². The molecule has 0 bridgehead atoms. The molecule has 1 rings (SSSR count). The van der Waals surface area contributed by atoms with Crippen molar-refractivity contribution >= 4 is 17.7 Å². The lowest BCUT2D eigenvalue weighted by Gasteiger charge is -2.35. The number of Topliss-reactive ketones (excluding diaryl/α,β-unsaturated/α-hetero) is 1. The van der Waals surface area contributed by atoms with E-state index in [2.05, 4.69) is 0 Å². The number of methoxy groups -OCH3 is 1. The summed E-state index contributed by atoms with van der Waals surface area (Å²) >= 11 is 0. The normalized spacial score (nSPS) is 24.3. The first-order valence-electron chi connectivity index (χ1n) is 10.3. The molecule has 0 radical (unpaired) electrons. The highest BCUT2D eigenvalue weighted by molar-refractivity contribution is 5.82. The fourth-order valence-corrected chi connectivity index (χ4v) is 3.43. The van der Waals surface area contributed by atoms with E-state index in [0.29, 0.717) is 32.3 Å². The van der Waals surface area contributed by atoms with Crippen molar-refractivity contribution in [3.05, 3.63) is 23.3 Å². The number of ketones is 1. The molecular formula is C23H36O6. The minimum absolute atomic E-state index is 0.0260. The summed E-state index contributed by atoms with van der Waals surface area (Å²) < 4.78 is 16.4. The van der Waals surface area contributed by atoms with Crippen LogP contribution in [0, 0.1) is 5.92 Å². The molecule has 29 heavy (non-hydrogen) atoms. The van der Waals surface area contributed by atoms with E-state index in [1.807, 2.05) is 33.8 Å². The maximum atomic E-state index is 12.3. The fourth-order valence-electron chi connectivity index (χ4n) is 3.43. The number of allylic oxidation sites excluding steroid dienone is 2. The summed E-state index contributed by atoms with van der Waals surface area (Å²) in [4.78, 5) is 35.4. The van der Waals surface area contributed by atoms with E-state index in [4.69, 9.17) is 14.2 Å². The van der Waals surface area contributed by atoms with Crippen molar-refractivity contribution in [2.45, 2.75) is 84.8 Å². The summed E-state index contributed by atoms with van der Waals surface area (Å²) in [6, 6.07) is 0. The van der Waals surface area contributed by atoms with E-state index in [9.17, 15) is 14.4 Å². The Hall–Kier alpha value is -1.95. The Morgan fingerprint density at radius 3 is 2.55 bits per heavy atom. The summed E-state index contributed by atoms with van der Waals surface area (Å²) in [6.45, 7) is 9.55. The van der Waals surface area contributed by atoms with Gasteiger partial charge in [0.05, 0.1) is 13.7 Å². The molecule has 0 amide bonds. The van der Waals surface area contributed by atoms with Gasteiger partial charge in [-0.2, -0.15) is 0 Å². The molecule has 1 heterocycles. The van der Waals surface area contributed by atoms with Gasteiger partial charge in [0.2, 0.25) is 0 Å². The number of esters is 2. The molecule has 0 aromatic carbocycles. The molecule has 1 unspecified atom stereocenters. The van der Waals surface area contributed by atoms with Crippen molar-refractivity contribution in [1.29, 1.82) is 0 Å². The van der Waals surface area contributed by atoms with Gasteiger partial charge >= 0.3 is 11.9 Å². The summed E-state index contributed by atoms with van der Waals surface area (Å²) in [7, 11) is 1.34. The van der Waals surface area contributed by atoms with Gasteiger partial charge < -0.3 is 14.2 Å². The summed E-state index contributed by atoms with van der Waals surface area (Å²) in [5, 5.41) is 0. The highest BCUT2D eigenvalue weighted by Gasteiger charge is 2.39. The topological polar surface area (TPSA) is 78.9 Å². The standard InChI is InChI=1S/C23H36O6/c1-16(2)9-11-20(25)17(3)8-7-13-23(5)21(29-18(4)24)12-10-19(15-28-23)14-22(26)27-6/h9,14,17,21H,7-8,10-13,15H2,1-6H3/t17?,21-,23+/m1/s1. The molecule has 1 aliphatic heterocycles. The van der Waals surface area contributed by atoms with E-state index in [-0.39, 0.29) is 17.7 Å². The fraction of sp³-hybridized carbons (Fsp3) is 0.696. The van der Waals surface area contributed by atoms with Crippen molar-refractivity contribution in [2.24, 2.45) is 5.92 Å². The lowest BCUT2D eigenvalue weighted by molar-refractivity contribution is -0.167. The van der Waals surface area contributed by atoms with Crippen LogP contribution in [0.15, 0.2) is 23.3 Å². The SMILES string of the molecule is COC(=O)C=C1CC[C@@H](OC(C)=O)[C@](C)(CCCC(C)C(=O)CC=C(C)C)OC1. The first kappa shape index (κ1) is 25.1. The van der Waals surface area contributed by atoms with Crippen LogP contribution in [0.1, 0.15) is 73.1 Å². The number of hydrogen-bond acceptors (Lipinski definition) is 6. The average Bonchev–Trinajstić information content (AvgIpc) is 2.79. The summed E-state index contributed by atoms with van der Waals surface area (Å²) in [5.41, 5.74) is 1.30. The smallest absolute Gasteiger partial charge is 0.330 e. The third-order valence-corrected chi connectivity index (χ3v) is 5.40. The Morgan fingerprint density at radius 1 is 1.28 bits per heavy atom. The van der Waals surface area contributed by atoms with Crippen LogP contribution in [0.2, 0.25) is 0 Å². The highest BCUT2D eigenvalue weighted by Crippen LogP contribution is 2.34. The molecule has 6 heteroatoms. The number of hydrogen-bond donors (Lipinski definition) is 0. The van der Waals surface area contributed by atoms with Gasteiger partial charge in [-0.3, -0.25) is 9.59 Å². The van der Waals surface area contributed by atoms with Crippen LogP contribution >= 0.6 is 0 Å². The van der Waals surface area contributed by atoms with Gasteiger partial charge in [0.1, 0.15) is 17.5 Å². The van der Waals surface area contributed by atoms with Crippen LogP contribution in [0.3, 0.4) is 0 Å². The molecule has 6 nitrogen and oxygen atoms in total. The van der Waals surface area contributed by atoms with Crippen LogP contribution in [-0.4, -0.2) is 43.1 Å². The third-order valence-electron chi connectivity index (χ3n) is 5.40. The Kier molecular flexibility index (Phi) is 10.3. The van der Waals surface area contributed by atoms with Gasteiger partial charge in [-0.05, 0) is 58.4 Å². The van der Waals surface area contributed by atoms with Gasteiger partial charge in [0, 0.05) is 25.3 Å². The third kappa shape index (κ3) is 8.94. The predicted molar refractivity (Wildman–Crippen MR) is 111 cm³/mol. The molecule has 0 aromatic rings. The van der Waals surface area contributed by atoms with Crippen molar-refractivity contribution in [1.82, 2.24) is 0 Å². The summed E-state index contributed by atoms with van der Waals surface area (Å²) in [5.74, 6) is -0.560. The molecule has 164 valence electrons. The van der Waals surface area contributed by atoms with Crippen LogP contribution in [0.5, 0.6) is 0 Å². The average molecular weight is 409 g/mol. The Labute approximate surface area is 174 Å². The molecule has 0 spiro atoms. The minimum Gasteiger partial charge on any atom is -0.466 e. The maximum absolute atomic E-state index is 12.3. The molecule has 1 saturated heterocycles. The largest absolute Gasteiger partial charge is 0.466 e. The molecule has 0 aliphatic carbocycles. The van der Waals surface area contributed by atoms with E-state index in [1.54, 1.807) is 0 Å². The Balaban J connectivity index is 2.76. The maximum Gasteiger partial charge on any atom is 0.330 e. The Bertz CT molecular complexity index is 644. The van der Waals surface area contributed by atoms with Crippen LogP contribution < -0.4 is 0 Å². The van der Waals surface area contributed by atoms with Crippen molar-refractivity contribution in [3.63, 3.8) is 0 Å². The first-order chi connectivity index (χ1) is 13.6. The van der Waals surface area contributed by atoms with Gasteiger partial charge in [0.15, 0.2) is 0 Å².